The van der Waals surface area contributed by atoms with Crippen LogP contribution in [0.2, 0.25) is 0 Å². The minimum absolute atomic E-state index is 0.926. The van der Waals surface area contributed by atoms with Gasteiger partial charge in [-0.15, -0.1) is 0 Å². The quantitative estimate of drug-likeness (QED) is 0.460. The molecule has 0 atom stereocenters. The smallest absolute Gasteiger partial charge is 0.0299 e. The van der Waals surface area contributed by atoms with E-state index >= 15 is 0 Å². The number of hydrogen-bond donors (Lipinski definition) is 0. The number of allylic oxidation sites excluding steroid dienone is 5. The third-order valence-corrected chi connectivity index (χ3v) is 0.945. The summed E-state index contributed by atoms with van der Waals surface area (Å²) in [4.78, 5) is 3.92. The zero-order valence-electron chi connectivity index (χ0n) is 5.12. The molecule has 9 heavy (non-hydrogen) atoms. The van der Waals surface area contributed by atoms with Gasteiger partial charge in [0.15, 0.2) is 0 Å². The number of aliphatic imine (C=N–C) groups is 1. The molecule has 1 rings (SSSR count). The molecule has 0 aromatic heterocycles. The third kappa shape index (κ3) is 2.08. The summed E-state index contributed by atoms with van der Waals surface area (Å²) in [5.41, 5.74) is 0.926. The van der Waals surface area contributed by atoms with Gasteiger partial charge >= 0.3 is 0 Å². The van der Waals surface area contributed by atoms with Crippen LogP contribution in [-0.4, -0.2) is 6.21 Å². The van der Waals surface area contributed by atoms with Crippen LogP contribution in [-0.2, 0) is 0 Å². The molecular formula is C8H8N. The van der Waals surface area contributed by atoms with Gasteiger partial charge in [-0.2, -0.15) is 0 Å². The maximum atomic E-state index is 3.92. The van der Waals surface area contributed by atoms with Crippen molar-refractivity contribution in [3.05, 3.63) is 43.0 Å². The molecule has 1 nitrogen and oxygen atoms in total. The van der Waals surface area contributed by atoms with Gasteiger partial charge in [-0.05, 0) is 18.6 Å². The lowest BCUT2D eigenvalue weighted by atomic mass is 10.3. The molecule has 0 aromatic carbocycles. The number of hydrogen-bond acceptors (Lipinski definition) is 1. The van der Waals surface area contributed by atoms with Crippen LogP contribution in [0, 0.1) is 6.92 Å². The highest BCUT2D eigenvalue weighted by Gasteiger charge is 1.78. The van der Waals surface area contributed by atoms with Gasteiger partial charge in [0.25, 0.3) is 0 Å². The van der Waals surface area contributed by atoms with Gasteiger partial charge in [0, 0.05) is 12.4 Å². The summed E-state index contributed by atoms with van der Waals surface area (Å²) in [6.07, 6.45) is 11.1. The van der Waals surface area contributed by atoms with E-state index in [0.29, 0.717) is 0 Å². The molecule has 0 unspecified atom stereocenters. The van der Waals surface area contributed by atoms with Crippen LogP contribution >= 0.6 is 0 Å². The van der Waals surface area contributed by atoms with E-state index in [9.17, 15) is 0 Å². The minimum Gasteiger partial charge on any atom is -0.264 e. The summed E-state index contributed by atoms with van der Waals surface area (Å²) >= 11 is 0. The molecule has 0 amide bonds. The first-order valence-electron chi connectivity index (χ1n) is 2.78. The van der Waals surface area contributed by atoms with Gasteiger partial charge in [-0.3, -0.25) is 4.99 Å². The van der Waals surface area contributed by atoms with Crippen LogP contribution in [0.1, 0.15) is 0 Å². The summed E-state index contributed by atoms with van der Waals surface area (Å²) in [7, 11) is 0. The highest BCUT2D eigenvalue weighted by molar-refractivity contribution is 5.80. The van der Waals surface area contributed by atoms with Gasteiger partial charge in [-0.25, -0.2) is 0 Å². The Kier molecular flexibility index (Phi) is 2.02. The highest BCUT2D eigenvalue weighted by atomic mass is 14.7. The topological polar surface area (TPSA) is 12.4 Å². The summed E-state index contributed by atoms with van der Waals surface area (Å²) in [5.74, 6) is 0. The van der Waals surface area contributed by atoms with Crippen molar-refractivity contribution in [3.8, 4) is 0 Å². The van der Waals surface area contributed by atoms with Crippen LogP contribution in [0.4, 0.5) is 0 Å². The van der Waals surface area contributed by atoms with E-state index < -0.39 is 0 Å². The fraction of sp³-hybridized carbons (Fsp3) is 0. The Labute approximate surface area is 55.1 Å². The van der Waals surface area contributed by atoms with Crippen LogP contribution in [0.5, 0.6) is 0 Å². The summed E-state index contributed by atoms with van der Waals surface area (Å²) in [6.45, 7) is 3.73. The first-order chi connectivity index (χ1) is 4.39. The molecule has 1 aliphatic heterocycles. The van der Waals surface area contributed by atoms with Crippen molar-refractivity contribution in [2.45, 2.75) is 0 Å². The monoisotopic (exact) mass is 118 g/mol. The van der Waals surface area contributed by atoms with E-state index in [1.807, 2.05) is 24.3 Å². The molecule has 0 saturated carbocycles. The lowest BCUT2D eigenvalue weighted by molar-refractivity contribution is 1.56. The maximum Gasteiger partial charge on any atom is 0.0299 e. The first kappa shape index (κ1) is 6.02. The average molecular weight is 118 g/mol. The predicted octanol–water partition coefficient (Wildman–Crippen LogP) is 1.90. The number of nitrogens with zero attached hydrogens (tertiary/aromatic N) is 1. The molecule has 1 radical (unpaired) electrons. The van der Waals surface area contributed by atoms with Crippen molar-refractivity contribution in [2.75, 3.05) is 0 Å². The fourth-order valence-electron chi connectivity index (χ4n) is 0.524. The van der Waals surface area contributed by atoms with Crippen molar-refractivity contribution in [3.63, 3.8) is 0 Å². The Balaban J connectivity index is 2.77. The molecule has 45 valence electrons. The Morgan fingerprint density at radius 2 is 2.11 bits per heavy atom. The normalized spacial score (nSPS) is 33.2. The van der Waals surface area contributed by atoms with Crippen LogP contribution in [0.25, 0.3) is 0 Å². The van der Waals surface area contributed by atoms with E-state index in [4.69, 9.17) is 0 Å². The number of rotatable bonds is 0. The van der Waals surface area contributed by atoms with Gasteiger partial charge in [-0.1, -0.05) is 18.2 Å². The van der Waals surface area contributed by atoms with Gasteiger partial charge in [0.2, 0.25) is 0 Å². The molecule has 0 bridgehead atoms. The lowest BCUT2D eigenvalue weighted by Crippen LogP contribution is -1.75. The molecule has 0 N–H and O–H groups in total. The van der Waals surface area contributed by atoms with E-state index in [1.54, 1.807) is 12.4 Å². The SMILES string of the molecule is [CH2]C1=C/C=C\C=C/N=C\1. The second-order valence-electron chi connectivity index (χ2n) is 1.75. The predicted molar refractivity (Wildman–Crippen MR) is 40.2 cm³/mol. The minimum atomic E-state index is 0.926. The highest BCUT2D eigenvalue weighted by Crippen LogP contribution is 1.92. The van der Waals surface area contributed by atoms with E-state index in [2.05, 4.69) is 11.9 Å². The van der Waals surface area contributed by atoms with Gasteiger partial charge < -0.3 is 0 Å². The largest absolute Gasteiger partial charge is 0.264 e. The Bertz CT molecular complexity index is 195. The van der Waals surface area contributed by atoms with Crippen LogP contribution in [0.3, 0.4) is 0 Å². The summed E-state index contributed by atoms with van der Waals surface area (Å²) < 4.78 is 0. The van der Waals surface area contributed by atoms with Crippen LogP contribution in [0.15, 0.2) is 41.1 Å². The van der Waals surface area contributed by atoms with E-state index in [1.165, 1.54) is 0 Å². The third-order valence-electron chi connectivity index (χ3n) is 0.945. The summed E-state index contributed by atoms with van der Waals surface area (Å²) in [6, 6.07) is 0. The molecule has 1 heterocycles. The van der Waals surface area contributed by atoms with Crippen molar-refractivity contribution >= 4 is 6.21 Å². The Morgan fingerprint density at radius 1 is 1.22 bits per heavy atom. The molecule has 0 aliphatic carbocycles. The molecule has 1 heteroatoms. The molecule has 0 fully saturated rings. The fourth-order valence-corrected chi connectivity index (χ4v) is 0.524. The Morgan fingerprint density at radius 3 is 3.00 bits per heavy atom. The first-order valence-corrected chi connectivity index (χ1v) is 2.78. The second kappa shape index (κ2) is 3.02. The molecule has 0 aromatic rings. The zero-order valence-corrected chi connectivity index (χ0v) is 5.12. The van der Waals surface area contributed by atoms with Gasteiger partial charge in [0.05, 0.1) is 0 Å². The van der Waals surface area contributed by atoms with Crippen molar-refractivity contribution in [1.29, 1.82) is 0 Å². The van der Waals surface area contributed by atoms with Crippen molar-refractivity contribution in [1.82, 2.24) is 0 Å². The van der Waals surface area contributed by atoms with Gasteiger partial charge in [0.1, 0.15) is 0 Å². The molecule has 1 aliphatic rings. The molecule has 0 saturated heterocycles. The lowest BCUT2D eigenvalue weighted by Gasteiger charge is -1.86. The molecule has 0 spiro atoms. The maximum absolute atomic E-state index is 3.92. The molecular weight excluding hydrogens is 110 g/mol. The Hall–Kier alpha value is -1.11. The summed E-state index contributed by atoms with van der Waals surface area (Å²) in [5, 5.41) is 0. The standard InChI is InChI=1S/C8H8N/c1-8-5-3-2-4-6-9-7-8/h2-7H,1H2/b3-2-,4-2?,5-3?,6-4-,8-5-,8-7?,9-6?,9-7-. The second-order valence-corrected chi connectivity index (χ2v) is 1.75. The van der Waals surface area contributed by atoms with Crippen molar-refractivity contribution in [2.24, 2.45) is 4.99 Å². The average Bonchev–Trinajstić information content (AvgIpc) is 1.79. The van der Waals surface area contributed by atoms with Crippen LogP contribution < -0.4 is 0 Å². The van der Waals surface area contributed by atoms with E-state index in [0.717, 1.165) is 5.57 Å². The van der Waals surface area contributed by atoms with Crippen molar-refractivity contribution < 1.29 is 0 Å². The van der Waals surface area contributed by atoms with E-state index in [-0.39, 0.29) is 0 Å². The zero-order chi connectivity index (χ0) is 6.53.